The molecule has 0 fully saturated rings. The van der Waals surface area contributed by atoms with E-state index in [1.54, 1.807) is 0 Å². The van der Waals surface area contributed by atoms with Gasteiger partial charge in [-0.15, -0.1) is 10.1 Å². The molecule has 14 heteroatoms. The van der Waals surface area contributed by atoms with Gasteiger partial charge in [0, 0.05) is 6.54 Å². The average molecular weight is 413 g/mol. The minimum Gasteiger partial charge on any atom is -0.370 e. The zero-order chi connectivity index (χ0) is 18.8. The van der Waals surface area contributed by atoms with Crippen molar-refractivity contribution in [2.75, 3.05) is 25.1 Å². The second-order valence-electron chi connectivity index (χ2n) is 4.79. The number of halogens is 1. The Bertz CT molecular complexity index is 930. The minimum atomic E-state index is -4.20. The summed E-state index contributed by atoms with van der Waals surface area (Å²) in [6.07, 6.45) is 2.65. The monoisotopic (exact) mass is 412 g/mol. The van der Waals surface area contributed by atoms with Gasteiger partial charge in [0.2, 0.25) is 20.0 Å². The molecule has 0 radical (unpaired) electrons. The van der Waals surface area contributed by atoms with E-state index in [9.17, 15) is 26.9 Å². The highest BCUT2D eigenvalue weighted by molar-refractivity contribution is 7.90. The van der Waals surface area contributed by atoms with E-state index in [1.165, 1.54) is 18.2 Å². The average Bonchev–Trinajstić information content (AvgIpc) is 2.46. The molecule has 3 N–H and O–H groups in total. The molecule has 0 bridgehead atoms. The van der Waals surface area contributed by atoms with Crippen molar-refractivity contribution >= 4 is 37.3 Å². The summed E-state index contributed by atoms with van der Waals surface area (Å²) in [6.45, 7) is -0.528. The summed E-state index contributed by atoms with van der Waals surface area (Å²) in [5, 5.41) is 16.7. The van der Waals surface area contributed by atoms with E-state index >= 15 is 0 Å². The number of hydrogen-bond donors (Lipinski definition) is 2. The topological polar surface area (TPSA) is 162 Å². The van der Waals surface area contributed by atoms with Gasteiger partial charge in [-0.1, -0.05) is 23.8 Å². The predicted octanol–water partition coefficient (Wildman–Crippen LogP) is 0.126. The minimum absolute atomic E-state index is 0.0964. The van der Waals surface area contributed by atoms with Crippen LogP contribution >= 0.6 is 11.6 Å². The zero-order valence-corrected chi connectivity index (χ0v) is 14.8. The Kier molecular flexibility index (Phi) is 5.53. The van der Waals surface area contributed by atoms with E-state index in [0.717, 1.165) is 10.4 Å². The van der Waals surface area contributed by atoms with Crippen molar-refractivity contribution in [1.29, 1.82) is 0 Å². The fraction of sp³-hybridized carbons (Fsp3) is 0.273. The largest absolute Gasteiger partial charge is 0.370 e. The molecule has 0 spiro atoms. The van der Waals surface area contributed by atoms with Crippen molar-refractivity contribution < 1.29 is 26.8 Å². The fourth-order valence-electron chi connectivity index (χ4n) is 2.03. The predicted molar refractivity (Wildman–Crippen MR) is 87.3 cm³/mol. The van der Waals surface area contributed by atoms with Gasteiger partial charge in [-0.3, -0.25) is 0 Å². The molecule has 0 unspecified atom stereocenters. The highest BCUT2D eigenvalue weighted by atomic mass is 35.5. The first kappa shape index (κ1) is 19.4. The van der Waals surface area contributed by atoms with Crippen LogP contribution in [0.1, 0.15) is 0 Å². The lowest BCUT2D eigenvalue weighted by Gasteiger charge is -2.29. The van der Waals surface area contributed by atoms with E-state index in [-0.39, 0.29) is 35.4 Å². The van der Waals surface area contributed by atoms with Crippen molar-refractivity contribution in [3.05, 3.63) is 39.4 Å². The van der Waals surface area contributed by atoms with Crippen LogP contribution in [0, 0.1) is 10.1 Å². The van der Waals surface area contributed by atoms with Crippen molar-refractivity contribution in [3.63, 3.8) is 0 Å². The molecular formula is C11H13ClN4O7S2. The quantitative estimate of drug-likeness (QED) is 0.378. The van der Waals surface area contributed by atoms with E-state index in [1.807, 2.05) is 0 Å². The first-order valence-corrected chi connectivity index (χ1v) is 9.92. The summed E-state index contributed by atoms with van der Waals surface area (Å²) in [7, 11) is -8.22. The van der Waals surface area contributed by atoms with Crippen LogP contribution in [0.15, 0.2) is 34.1 Å². The van der Waals surface area contributed by atoms with Gasteiger partial charge in [0.1, 0.15) is 16.4 Å². The molecule has 0 amide bonds. The maximum Gasteiger partial charge on any atom is 0.294 e. The summed E-state index contributed by atoms with van der Waals surface area (Å²) in [4.78, 5) is 13.3. The molecular weight excluding hydrogens is 400 g/mol. The molecule has 0 saturated heterocycles. The Morgan fingerprint density at radius 3 is 2.72 bits per heavy atom. The molecule has 1 aromatic carbocycles. The molecule has 138 valence electrons. The molecule has 0 atom stereocenters. The number of hydrogen-bond acceptors (Lipinski definition) is 8. The Morgan fingerprint density at radius 1 is 1.44 bits per heavy atom. The number of rotatable bonds is 6. The second kappa shape index (κ2) is 7.13. The Hall–Kier alpha value is -1.93. The molecule has 1 aliphatic rings. The van der Waals surface area contributed by atoms with Crippen LogP contribution < -0.4 is 10.5 Å². The van der Waals surface area contributed by atoms with Crippen LogP contribution in [0.2, 0.25) is 5.02 Å². The number of primary sulfonamides is 1. The summed E-state index contributed by atoms with van der Waals surface area (Å²) in [5.74, 6) is 0. The Morgan fingerprint density at radius 2 is 2.12 bits per heavy atom. The molecule has 1 heterocycles. The van der Waals surface area contributed by atoms with Crippen molar-refractivity contribution in [2.24, 2.45) is 5.14 Å². The third-order valence-corrected chi connectivity index (χ3v) is 6.38. The Balaban J connectivity index is 2.28. The van der Waals surface area contributed by atoms with Gasteiger partial charge in [0.05, 0.1) is 17.4 Å². The second-order valence-corrected chi connectivity index (χ2v) is 8.63. The van der Waals surface area contributed by atoms with E-state index in [4.69, 9.17) is 16.7 Å². The highest BCUT2D eigenvalue weighted by Crippen LogP contribution is 2.35. The molecule has 0 aliphatic carbocycles. The van der Waals surface area contributed by atoms with Gasteiger partial charge in [-0.25, -0.2) is 22.0 Å². The SMILES string of the molecule is NS(=O)(=O)c1cc2c(cc1Cl)NCN(C/C=C/CO[N+](=O)[O-])S2(=O)=O. The molecule has 2 rings (SSSR count). The standard InChI is InChI=1S/C11H13ClN4O7S2/c12-8-5-9-11(6-10(8)24(13,19)20)25(21,22)15(7-14-9)3-1-2-4-23-16(17)18/h1-2,5-6,14H,3-4,7H2,(H2,13,19,20)/b2-1+. The molecule has 1 aliphatic heterocycles. The van der Waals surface area contributed by atoms with Crippen molar-refractivity contribution in [3.8, 4) is 0 Å². The lowest BCUT2D eigenvalue weighted by Crippen LogP contribution is -2.40. The van der Waals surface area contributed by atoms with Gasteiger partial charge in [-0.2, -0.15) is 4.31 Å². The summed E-state index contributed by atoms with van der Waals surface area (Å²) < 4.78 is 49.2. The molecule has 1 aromatic rings. The number of sulfonamides is 2. The third kappa shape index (κ3) is 4.38. The van der Waals surface area contributed by atoms with Gasteiger partial charge in [0.25, 0.3) is 5.09 Å². The first-order valence-electron chi connectivity index (χ1n) is 6.56. The lowest BCUT2D eigenvalue weighted by molar-refractivity contribution is -0.755. The van der Waals surface area contributed by atoms with Gasteiger partial charge >= 0.3 is 0 Å². The fourth-order valence-corrected chi connectivity index (χ4v) is 4.67. The molecule has 0 aromatic heterocycles. The molecule has 0 saturated carbocycles. The number of nitrogens with zero attached hydrogens (tertiary/aromatic N) is 2. The highest BCUT2D eigenvalue weighted by Gasteiger charge is 2.33. The van der Waals surface area contributed by atoms with Crippen molar-refractivity contribution in [1.82, 2.24) is 4.31 Å². The Labute approximate surface area is 148 Å². The van der Waals surface area contributed by atoms with Crippen LogP contribution in [0.25, 0.3) is 0 Å². The maximum atomic E-state index is 12.6. The van der Waals surface area contributed by atoms with Crippen molar-refractivity contribution in [2.45, 2.75) is 9.79 Å². The smallest absolute Gasteiger partial charge is 0.294 e. The maximum absolute atomic E-state index is 12.6. The number of fused-ring (bicyclic) bond motifs is 1. The summed E-state index contributed by atoms with van der Waals surface area (Å²) in [6, 6.07) is 2.06. The van der Waals surface area contributed by atoms with Crippen LogP contribution in [0.4, 0.5) is 5.69 Å². The number of nitrogens with one attached hydrogen (secondary N) is 1. The third-order valence-electron chi connectivity index (χ3n) is 3.16. The lowest BCUT2D eigenvalue weighted by atomic mass is 10.3. The van der Waals surface area contributed by atoms with Crippen LogP contribution in [0.3, 0.4) is 0 Å². The normalized spacial score (nSPS) is 17.0. The number of anilines is 1. The van der Waals surface area contributed by atoms with Crippen LogP contribution in [-0.4, -0.2) is 46.0 Å². The molecule has 25 heavy (non-hydrogen) atoms. The van der Waals surface area contributed by atoms with E-state index in [0.29, 0.717) is 0 Å². The first-order chi connectivity index (χ1) is 11.5. The number of benzene rings is 1. The van der Waals surface area contributed by atoms with Gasteiger partial charge < -0.3 is 10.2 Å². The van der Waals surface area contributed by atoms with E-state index in [2.05, 4.69) is 10.2 Å². The summed E-state index contributed by atoms with van der Waals surface area (Å²) in [5.41, 5.74) is 0.148. The summed E-state index contributed by atoms with van der Waals surface area (Å²) >= 11 is 5.83. The van der Waals surface area contributed by atoms with Crippen LogP contribution in [-0.2, 0) is 24.9 Å². The van der Waals surface area contributed by atoms with Crippen LogP contribution in [0.5, 0.6) is 0 Å². The van der Waals surface area contributed by atoms with E-state index < -0.39 is 30.0 Å². The van der Waals surface area contributed by atoms with Gasteiger partial charge in [-0.05, 0) is 12.1 Å². The number of nitrogens with two attached hydrogens (primary N) is 1. The zero-order valence-electron chi connectivity index (χ0n) is 12.5. The molecule has 11 nitrogen and oxygen atoms in total. The van der Waals surface area contributed by atoms with Gasteiger partial charge in [0.15, 0.2) is 0 Å².